The van der Waals surface area contributed by atoms with Gasteiger partial charge in [-0.25, -0.2) is 4.68 Å². The summed E-state index contributed by atoms with van der Waals surface area (Å²) in [5, 5.41) is 4.19. The molecule has 1 aliphatic heterocycles. The van der Waals surface area contributed by atoms with Crippen molar-refractivity contribution < 1.29 is 0 Å². The summed E-state index contributed by atoms with van der Waals surface area (Å²) < 4.78 is 1.98. The standard InChI is InChI=1S/C14H21BrN4O/c1-3-6-19-14(20)13(15)12(9-17-19)18-7-4-11(5-8-18)10(2)16/h3,9-11H,1,4-8,16H2,2H3. The molecule has 0 aromatic carbocycles. The summed E-state index contributed by atoms with van der Waals surface area (Å²) in [6, 6.07) is 0.235. The van der Waals surface area contributed by atoms with E-state index >= 15 is 0 Å². The Kier molecular flexibility index (Phi) is 4.99. The molecule has 6 heteroatoms. The largest absolute Gasteiger partial charge is 0.369 e. The maximum Gasteiger partial charge on any atom is 0.283 e. The molecule has 0 aliphatic carbocycles. The molecule has 20 heavy (non-hydrogen) atoms. The normalized spacial score (nSPS) is 18.1. The van der Waals surface area contributed by atoms with Gasteiger partial charge in [-0.05, 0) is 41.6 Å². The van der Waals surface area contributed by atoms with Gasteiger partial charge >= 0.3 is 0 Å². The summed E-state index contributed by atoms with van der Waals surface area (Å²) in [4.78, 5) is 14.4. The molecule has 0 radical (unpaired) electrons. The second-order valence-electron chi connectivity index (χ2n) is 5.30. The van der Waals surface area contributed by atoms with Crippen LogP contribution in [0.4, 0.5) is 5.69 Å². The highest BCUT2D eigenvalue weighted by Crippen LogP contribution is 2.27. The van der Waals surface area contributed by atoms with Crippen LogP contribution in [0.3, 0.4) is 0 Å². The first-order chi connectivity index (χ1) is 9.54. The molecule has 1 aliphatic rings. The molecule has 1 atom stereocenters. The minimum atomic E-state index is -0.114. The van der Waals surface area contributed by atoms with Crippen LogP contribution >= 0.6 is 15.9 Å². The van der Waals surface area contributed by atoms with E-state index < -0.39 is 0 Å². The zero-order valence-electron chi connectivity index (χ0n) is 11.8. The maximum absolute atomic E-state index is 12.2. The van der Waals surface area contributed by atoms with Crippen LogP contribution in [0.25, 0.3) is 0 Å². The highest BCUT2D eigenvalue weighted by Gasteiger charge is 2.24. The van der Waals surface area contributed by atoms with E-state index in [-0.39, 0.29) is 11.6 Å². The third-order valence-electron chi connectivity index (χ3n) is 3.89. The van der Waals surface area contributed by atoms with E-state index in [1.807, 2.05) is 0 Å². The number of nitrogens with two attached hydrogens (primary N) is 1. The van der Waals surface area contributed by atoms with Crippen molar-refractivity contribution in [3.8, 4) is 0 Å². The number of hydrogen-bond acceptors (Lipinski definition) is 4. The molecule has 0 spiro atoms. The van der Waals surface area contributed by atoms with Crippen molar-refractivity contribution in [2.75, 3.05) is 18.0 Å². The average Bonchev–Trinajstić information content (AvgIpc) is 2.44. The lowest BCUT2D eigenvalue weighted by Crippen LogP contribution is -2.40. The first kappa shape index (κ1) is 15.3. The second-order valence-corrected chi connectivity index (χ2v) is 6.10. The van der Waals surface area contributed by atoms with E-state index in [0.29, 0.717) is 16.9 Å². The van der Waals surface area contributed by atoms with Gasteiger partial charge in [-0.3, -0.25) is 4.79 Å². The van der Waals surface area contributed by atoms with E-state index in [2.05, 4.69) is 39.4 Å². The van der Waals surface area contributed by atoms with Gasteiger partial charge in [0.25, 0.3) is 5.56 Å². The maximum atomic E-state index is 12.2. The molecule has 5 nitrogen and oxygen atoms in total. The van der Waals surface area contributed by atoms with Crippen LogP contribution in [0.15, 0.2) is 28.1 Å². The van der Waals surface area contributed by atoms with E-state index in [1.165, 1.54) is 4.68 Å². The first-order valence-electron chi connectivity index (χ1n) is 6.91. The van der Waals surface area contributed by atoms with Gasteiger partial charge in [0.2, 0.25) is 0 Å². The molecule has 2 rings (SSSR count). The van der Waals surface area contributed by atoms with Crippen LogP contribution in [-0.4, -0.2) is 28.9 Å². The van der Waals surface area contributed by atoms with Gasteiger partial charge in [-0.15, -0.1) is 6.58 Å². The Labute approximate surface area is 127 Å². The highest BCUT2D eigenvalue weighted by atomic mass is 79.9. The molecule has 1 saturated heterocycles. The number of piperidine rings is 1. The topological polar surface area (TPSA) is 64.2 Å². The van der Waals surface area contributed by atoms with Crippen LogP contribution in [0.2, 0.25) is 0 Å². The van der Waals surface area contributed by atoms with Crippen LogP contribution in [-0.2, 0) is 6.54 Å². The van der Waals surface area contributed by atoms with Crippen molar-refractivity contribution >= 4 is 21.6 Å². The Balaban J connectivity index is 2.17. The molecule has 0 saturated carbocycles. The average molecular weight is 341 g/mol. The first-order valence-corrected chi connectivity index (χ1v) is 7.71. The number of anilines is 1. The van der Waals surface area contributed by atoms with Crippen molar-refractivity contribution in [2.45, 2.75) is 32.4 Å². The summed E-state index contributed by atoms with van der Waals surface area (Å²) in [6.07, 6.45) is 5.52. The lowest BCUT2D eigenvalue weighted by atomic mass is 9.91. The Morgan fingerprint density at radius 2 is 2.25 bits per heavy atom. The number of halogens is 1. The zero-order valence-corrected chi connectivity index (χ0v) is 13.3. The molecular formula is C14H21BrN4O. The predicted molar refractivity (Wildman–Crippen MR) is 85.0 cm³/mol. The molecule has 1 aromatic heterocycles. The fourth-order valence-corrected chi connectivity index (χ4v) is 3.15. The number of aromatic nitrogens is 2. The molecular weight excluding hydrogens is 320 g/mol. The van der Waals surface area contributed by atoms with Crippen molar-refractivity contribution in [2.24, 2.45) is 11.7 Å². The zero-order chi connectivity index (χ0) is 14.7. The minimum Gasteiger partial charge on any atom is -0.369 e. The monoisotopic (exact) mass is 340 g/mol. The van der Waals surface area contributed by atoms with Crippen molar-refractivity contribution in [1.82, 2.24) is 9.78 Å². The summed E-state index contributed by atoms with van der Waals surface area (Å²) in [7, 11) is 0. The van der Waals surface area contributed by atoms with Gasteiger partial charge in [-0.2, -0.15) is 5.10 Å². The number of rotatable bonds is 4. The van der Waals surface area contributed by atoms with Crippen LogP contribution in [0.5, 0.6) is 0 Å². The van der Waals surface area contributed by atoms with Gasteiger partial charge in [0.15, 0.2) is 0 Å². The third kappa shape index (κ3) is 3.12. The van der Waals surface area contributed by atoms with Gasteiger partial charge in [0.05, 0.1) is 18.4 Å². The van der Waals surface area contributed by atoms with Gasteiger partial charge in [0.1, 0.15) is 4.47 Å². The molecule has 1 fully saturated rings. The lowest BCUT2D eigenvalue weighted by Gasteiger charge is -2.35. The van der Waals surface area contributed by atoms with E-state index in [1.54, 1.807) is 12.3 Å². The van der Waals surface area contributed by atoms with Crippen molar-refractivity contribution in [3.63, 3.8) is 0 Å². The fourth-order valence-electron chi connectivity index (χ4n) is 2.60. The summed E-state index contributed by atoms with van der Waals surface area (Å²) in [5.41, 5.74) is 6.72. The molecule has 110 valence electrons. The second kappa shape index (κ2) is 6.54. The molecule has 2 N–H and O–H groups in total. The predicted octanol–water partition coefficient (Wildman–Crippen LogP) is 1.76. The Morgan fingerprint density at radius 3 is 2.80 bits per heavy atom. The quantitative estimate of drug-likeness (QED) is 0.848. The van der Waals surface area contributed by atoms with Gasteiger partial charge < -0.3 is 10.6 Å². The Hall–Kier alpha value is -1.14. The SMILES string of the molecule is C=CCn1ncc(N2CCC(C(C)N)CC2)c(Br)c1=O. The van der Waals surface area contributed by atoms with Gasteiger partial charge in [-0.1, -0.05) is 6.08 Å². The smallest absolute Gasteiger partial charge is 0.283 e. The number of allylic oxidation sites excluding steroid dienone is 1. The number of nitrogens with zero attached hydrogens (tertiary/aromatic N) is 3. The highest BCUT2D eigenvalue weighted by molar-refractivity contribution is 9.10. The van der Waals surface area contributed by atoms with Gasteiger partial charge in [0, 0.05) is 19.1 Å². The Morgan fingerprint density at radius 1 is 1.60 bits per heavy atom. The van der Waals surface area contributed by atoms with Crippen molar-refractivity contribution in [3.05, 3.63) is 33.7 Å². The fraction of sp³-hybridized carbons (Fsp3) is 0.571. The number of hydrogen-bond donors (Lipinski definition) is 1. The third-order valence-corrected chi connectivity index (χ3v) is 4.64. The Bertz CT molecular complexity index is 532. The summed E-state index contributed by atoms with van der Waals surface area (Å²) in [5.74, 6) is 0.569. The molecule has 0 amide bonds. The molecule has 1 unspecified atom stereocenters. The summed E-state index contributed by atoms with van der Waals surface area (Å²) >= 11 is 3.41. The van der Waals surface area contributed by atoms with E-state index in [0.717, 1.165) is 31.6 Å². The molecule has 0 bridgehead atoms. The minimum absolute atomic E-state index is 0.114. The summed E-state index contributed by atoms with van der Waals surface area (Å²) in [6.45, 7) is 7.94. The van der Waals surface area contributed by atoms with Crippen LogP contribution < -0.4 is 16.2 Å². The van der Waals surface area contributed by atoms with Crippen molar-refractivity contribution in [1.29, 1.82) is 0 Å². The van der Waals surface area contributed by atoms with E-state index in [4.69, 9.17) is 5.73 Å². The van der Waals surface area contributed by atoms with E-state index in [9.17, 15) is 4.79 Å². The molecule has 2 heterocycles. The van der Waals surface area contributed by atoms with Crippen LogP contribution in [0.1, 0.15) is 19.8 Å². The molecule has 1 aromatic rings. The van der Waals surface area contributed by atoms with Crippen LogP contribution in [0, 0.1) is 5.92 Å². The lowest BCUT2D eigenvalue weighted by molar-refractivity contribution is 0.354.